The number of halogens is 3. The van der Waals surface area contributed by atoms with Gasteiger partial charge in [0.15, 0.2) is 6.61 Å². The number of benzene rings is 2. The molecule has 0 aliphatic carbocycles. The van der Waals surface area contributed by atoms with E-state index in [-0.39, 0.29) is 40.1 Å². The molecule has 0 spiro atoms. The number of carbonyl (C=O) groups excluding carboxylic acids is 2. The average molecular weight is 457 g/mol. The smallest absolute Gasteiger partial charge is 0.262 e. The summed E-state index contributed by atoms with van der Waals surface area (Å²) >= 11 is 17.9. The number of piperidine rings is 1. The van der Waals surface area contributed by atoms with Gasteiger partial charge in [0.2, 0.25) is 5.91 Å². The molecule has 3 N–H and O–H groups in total. The SMILES string of the molecule is NC(=O)C1CCN(c2ccccc2NC(=O)COc2cc(Cl)c(Cl)cc2Cl)CC1. The quantitative estimate of drug-likeness (QED) is 0.632. The maximum atomic E-state index is 12.4. The highest BCUT2D eigenvalue weighted by Gasteiger charge is 2.24. The van der Waals surface area contributed by atoms with Gasteiger partial charge in [0.25, 0.3) is 5.91 Å². The fourth-order valence-electron chi connectivity index (χ4n) is 3.20. The Hall–Kier alpha value is -2.15. The largest absolute Gasteiger partial charge is 0.482 e. The Bertz CT molecular complexity index is 915. The van der Waals surface area contributed by atoms with Crippen molar-refractivity contribution < 1.29 is 14.3 Å². The van der Waals surface area contributed by atoms with Crippen molar-refractivity contribution in [2.24, 2.45) is 11.7 Å². The van der Waals surface area contributed by atoms with Gasteiger partial charge in [-0.25, -0.2) is 0 Å². The van der Waals surface area contributed by atoms with Crippen molar-refractivity contribution in [1.82, 2.24) is 0 Å². The van der Waals surface area contributed by atoms with E-state index in [4.69, 9.17) is 45.3 Å². The molecule has 2 aromatic carbocycles. The molecule has 1 aliphatic rings. The van der Waals surface area contributed by atoms with Crippen molar-refractivity contribution in [3.63, 3.8) is 0 Å². The number of nitrogens with two attached hydrogens (primary N) is 1. The zero-order chi connectivity index (χ0) is 21.0. The van der Waals surface area contributed by atoms with Crippen LogP contribution in [0.15, 0.2) is 36.4 Å². The Morgan fingerprint density at radius 3 is 2.41 bits per heavy atom. The molecule has 29 heavy (non-hydrogen) atoms. The molecule has 0 bridgehead atoms. The lowest BCUT2D eigenvalue weighted by molar-refractivity contribution is -0.122. The van der Waals surface area contributed by atoms with Crippen LogP contribution in [0.2, 0.25) is 15.1 Å². The van der Waals surface area contributed by atoms with Gasteiger partial charge < -0.3 is 20.7 Å². The number of nitrogens with zero attached hydrogens (tertiary/aromatic N) is 1. The van der Waals surface area contributed by atoms with Crippen molar-refractivity contribution in [3.05, 3.63) is 51.5 Å². The molecule has 0 radical (unpaired) electrons. The molecular formula is C20H20Cl3N3O3. The van der Waals surface area contributed by atoms with E-state index < -0.39 is 0 Å². The number of para-hydroxylation sites is 2. The first-order chi connectivity index (χ1) is 13.8. The molecule has 0 atom stereocenters. The third-order valence-corrected chi connectivity index (χ3v) is 5.77. The predicted octanol–water partition coefficient (Wildman–Crippen LogP) is 4.37. The zero-order valence-electron chi connectivity index (χ0n) is 15.5. The predicted molar refractivity (Wildman–Crippen MR) is 116 cm³/mol. The number of nitrogens with one attached hydrogen (secondary N) is 1. The van der Waals surface area contributed by atoms with Crippen LogP contribution < -0.4 is 20.7 Å². The Morgan fingerprint density at radius 1 is 1.07 bits per heavy atom. The number of rotatable bonds is 6. The maximum absolute atomic E-state index is 12.4. The van der Waals surface area contributed by atoms with E-state index in [1.54, 1.807) is 0 Å². The molecule has 6 nitrogen and oxygen atoms in total. The van der Waals surface area contributed by atoms with E-state index in [2.05, 4.69) is 10.2 Å². The molecule has 154 valence electrons. The number of hydrogen-bond donors (Lipinski definition) is 2. The third kappa shape index (κ3) is 5.47. The van der Waals surface area contributed by atoms with Crippen LogP contribution in [0.4, 0.5) is 11.4 Å². The standard InChI is InChI=1S/C20H20Cl3N3O3/c21-13-9-15(23)18(10-14(13)22)29-11-19(27)25-16-3-1-2-4-17(16)26-7-5-12(6-8-26)20(24)28/h1-4,9-10,12H,5-8,11H2,(H2,24,28)(H,25,27). The Labute approximate surface area is 183 Å². The minimum Gasteiger partial charge on any atom is -0.482 e. The van der Waals surface area contributed by atoms with Crippen LogP contribution in [0.25, 0.3) is 0 Å². The summed E-state index contributed by atoms with van der Waals surface area (Å²) in [6, 6.07) is 10.4. The summed E-state index contributed by atoms with van der Waals surface area (Å²) in [5.41, 5.74) is 6.95. The highest BCUT2D eigenvalue weighted by atomic mass is 35.5. The van der Waals surface area contributed by atoms with Crippen LogP contribution in [-0.4, -0.2) is 31.5 Å². The molecule has 0 unspecified atom stereocenters. The van der Waals surface area contributed by atoms with Crippen LogP contribution in [0.5, 0.6) is 5.75 Å². The van der Waals surface area contributed by atoms with Gasteiger partial charge in [-0.05, 0) is 31.0 Å². The van der Waals surface area contributed by atoms with Crippen molar-refractivity contribution in [3.8, 4) is 5.75 Å². The molecule has 2 aromatic rings. The Morgan fingerprint density at radius 2 is 1.72 bits per heavy atom. The number of anilines is 2. The summed E-state index contributed by atoms with van der Waals surface area (Å²) in [5, 5.41) is 3.72. The number of carbonyl (C=O) groups is 2. The topological polar surface area (TPSA) is 84.7 Å². The monoisotopic (exact) mass is 455 g/mol. The van der Waals surface area contributed by atoms with E-state index in [0.717, 1.165) is 5.69 Å². The van der Waals surface area contributed by atoms with E-state index >= 15 is 0 Å². The molecule has 0 aromatic heterocycles. The minimum atomic E-state index is -0.341. The molecule has 0 saturated carbocycles. The molecule has 1 saturated heterocycles. The van der Waals surface area contributed by atoms with Crippen molar-refractivity contribution in [2.45, 2.75) is 12.8 Å². The average Bonchev–Trinajstić information content (AvgIpc) is 2.70. The zero-order valence-corrected chi connectivity index (χ0v) is 17.7. The van der Waals surface area contributed by atoms with Gasteiger partial charge >= 0.3 is 0 Å². The number of primary amides is 1. The van der Waals surface area contributed by atoms with Crippen molar-refractivity contribution in [1.29, 1.82) is 0 Å². The summed E-state index contributed by atoms with van der Waals surface area (Å²) in [7, 11) is 0. The second kappa shape index (κ2) is 9.57. The second-order valence-electron chi connectivity index (χ2n) is 6.71. The molecule has 9 heteroatoms. The van der Waals surface area contributed by atoms with Gasteiger partial charge in [-0.3, -0.25) is 9.59 Å². The van der Waals surface area contributed by atoms with E-state index in [1.807, 2.05) is 24.3 Å². The summed E-state index contributed by atoms with van der Waals surface area (Å²) in [4.78, 5) is 25.9. The van der Waals surface area contributed by atoms with Gasteiger partial charge in [-0.2, -0.15) is 0 Å². The first-order valence-electron chi connectivity index (χ1n) is 9.05. The van der Waals surface area contributed by atoms with E-state index in [0.29, 0.717) is 36.6 Å². The molecular weight excluding hydrogens is 437 g/mol. The lowest BCUT2D eigenvalue weighted by Crippen LogP contribution is -2.39. The first-order valence-corrected chi connectivity index (χ1v) is 10.2. The van der Waals surface area contributed by atoms with Gasteiger partial charge in [0.1, 0.15) is 5.75 Å². The Kier molecular flexibility index (Phi) is 7.11. The van der Waals surface area contributed by atoms with Crippen LogP contribution in [0.1, 0.15) is 12.8 Å². The molecule has 1 aliphatic heterocycles. The normalized spacial score (nSPS) is 14.5. The number of amides is 2. The highest BCUT2D eigenvalue weighted by Crippen LogP contribution is 2.34. The van der Waals surface area contributed by atoms with Gasteiger partial charge in [0, 0.05) is 25.1 Å². The number of hydrogen-bond acceptors (Lipinski definition) is 4. The summed E-state index contributed by atoms with van der Waals surface area (Å²) < 4.78 is 5.48. The number of ether oxygens (including phenoxy) is 1. The second-order valence-corrected chi connectivity index (χ2v) is 7.94. The maximum Gasteiger partial charge on any atom is 0.262 e. The fraction of sp³-hybridized carbons (Fsp3) is 0.300. The molecule has 1 heterocycles. The van der Waals surface area contributed by atoms with Gasteiger partial charge in [-0.15, -0.1) is 0 Å². The summed E-state index contributed by atoms with van der Waals surface area (Å²) in [6.45, 7) is 1.14. The Balaban J connectivity index is 1.63. The van der Waals surface area contributed by atoms with Crippen LogP contribution >= 0.6 is 34.8 Å². The van der Waals surface area contributed by atoms with E-state index in [9.17, 15) is 9.59 Å². The van der Waals surface area contributed by atoms with Crippen molar-refractivity contribution >= 4 is 58.0 Å². The highest BCUT2D eigenvalue weighted by molar-refractivity contribution is 6.43. The lowest BCUT2D eigenvalue weighted by Gasteiger charge is -2.33. The first kappa shape index (κ1) is 21.6. The summed E-state index contributed by atoms with van der Waals surface area (Å²) in [6.07, 6.45) is 1.38. The van der Waals surface area contributed by atoms with Crippen molar-refractivity contribution in [2.75, 3.05) is 29.9 Å². The van der Waals surface area contributed by atoms with Crippen LogP contribution in [-0.2, 0) is 9.59 Å². The molecule has 3 rings (SSSR count). The summed E-state index contributed by atoms with van der Waals surface area (Å²) in [5.74, 6) is -0.425. The van der Waals surface area contributed by atoms with E-state index in [1.165, 1.54) is 12.1 Å². The van der Waals surface area contributed by atoms with Crippen LogP contribution in [0.3, 0.4) is 0 Å². The third-order valence-electron chi connectivity index (χ3n) is 4.75. The molecule has 2 amide bonds. The van der Waals surface area contributed by atoms with Gasteiger partial charge in [0.05, 0.1) is 26.4 Å². The minimum absolute atomic E-state index is 0.0997. The molecule has 1 fully saturated rings. The van der Waals surface area contributed by atoms with Gasteiger partial charge in [-0.1, -0.05) is 46.9 Å². The lowest BCUT2D eigenvalue weighted by atomic mass is 9.96. The fourth-order valence-corrected chi connectivity index (χ4v) is 3.80. The van der Waals surface area contributed by atoms with Crippen LogP contribution in [0, 0.1) is 5.92 Å².